The molecule has 1 fully saturated rings. The third kappa shape index (κ3) is 4.01. The summed E-state index contributed by atoms with van der Waals surface area (Å²) in [7, 11) is 1.62. The van der Waals surface area contributed by atoms with Crippen LogP contribution in [0.5, 0.6) is 11.8 Å². The molecule has 0 aliphatic carbocycles. The van der Waals surface area contributed by atoms with Crippen LogP contribution < -0.4 is 9.47 Å². The molecule has 3 rings (SSSR count). The second-order valence-corrected chi connectivity index (χ2v) is 5.74. The molecule has 1 aromatic carbocycles. The lowest BCUT2D eigenvalue weighted by Gasteiger charge is -2.32. The van der Waals surface area contributed by atoms with Gasteiger partial charge in [0.1, 0.15) is 11.9 Å². The summed E-state index contributed by atoms with van der Waals surface area (Å²) in [6.07, 6.45) is 5.37. The number of nitrogens with zero attached hydrogens (tertiary/aromatic N) is 3. The van der Waals surface area contributed by atoms with Crippen molar-refractivity contribution in [2.45, 2.75) is 25.4 Å². The van der Waals surface area contributed by atoms with Crippen LogP contribution in [0.25, 0.3) is 0 Å². The molecule has 1 unspecified atom stereocenters. The molecule has 0 saturated carbocycles. The van der Waals surface area contributed by atoms with Crippen molar-refractivity contribution in [3.63, 3.8) is 0 Å². The van der Waals surface area contributed by atoms with Crippen molar-refractivity contribution < 1.29 is 14.3 Å². The van der Waals surface area contributed by atoms with E-state index in [1.165, 1.54) is 0 Å². The standard InChI is InChI=1S/C18H21N3O3/c1-23-16-8-3-2-6-14(16)12-17(22)21-11-4-7-15(13-21)24-18-19-9-5-10-20-18/h2-3,5-6,8-10,15H,4,7,11-13H2,1H3. The van der Waals surface area contributed by atoms with Crippen LogP contribution in [0, 0.1) is 0 Å². The van der Waals surface area contributed by atoms with Crippen molar-refractivity contribution in [2.24, 2.45) is 0 Å². The van der Waals surface area contributed by atoms with Crippen LogP contribution in [0.3, 0.4) is 0 Å². The maximum Gasteiger partial charge on any atom is 0.316 e. The molecule has 2 aromatic rings. The quantitative estimate of drug-likeness (QED) is 0.841. The zero-order chi connectivity index (χ0) is 16.8. The van der Waals surface area contributed by atoms with Crippen molar-refractivity contribution >= 4 is 5.91 Å². The van der Waals surface area contributed by atoms with Gasteiger partial charge >= 0.3 is 6.01 Å². The van der Waals surface area contributed by atoms with Gasteiger partial charge in [-0.3, -0.25) is 4.79 Å². The summed E-state index contributed by atoms with van der Waals surface area (Å²) in [4.78, 5) is 22.6. The highest BCUT2D eigenvalue weighted by molar-refractivity contribution is 5.79. The highest BCUT2D eigenvalue weighted by atomic mass is 16.5. The van der Waals surface area contributed by atoms with E-state index in [4.69, 9.17) is 9.47 Å². The molecule has 1 amide bonds. The molecule has 126 valence electrons. The van der Waals surface area contributed by atoms with Gasteiger partial charge < -0.3 is 14.4 Å². The lowest BCUT2D eigenvalue weighted by molar-refractivity contribution is -0.133. The van der Waals surface area contributed by atoms with Crippen LogP contribution in [-0.2, 0) is 11.2 Å². The van der Waals surface area contributed by atoms with Crippen LogP contribution in [0.15, 0.2) is 42.7 Å². The van der Waals surface area contributed by atoms with Crippen LogP contribution in [0.2, 0.25) is 0 Å². The lowest BCUT2D eigenvalue weighted by atomic mass is 10.1. The Bertz CT molecular complexity index is 678. The van der Waals surface area contributed by atoms with Gasteiger partial charge in [-0.25, -0.2) is 9.97 Å². The monoisotopic (exact) mass is 327 g/mol. The Hall–Kier alpha value is -2.63. The number of aromatic nitrogens is 2. The minimum atomic E-state index is -0.0669. The molecule has 24 heavy (non-hydrogen) atoms. The number of rotatable bonds is 5. The summed E-state index contributed by atoms with van der Waals surface area (Å²) in [5, 5.41) is 0. The Morgan fingerprint density at radius 1 is 1.25 bits per heavy atom. The van der Waals surface area contributed by atoms with Gasteiger partial charge in [0.2, 0.25) is 5.91 Å². The minimum Gasteiger partial charge on any atom is -0.496 e. The predicted molar refractivity (Wildman–Crippen MR) is 89.0 cm³/mol. The third-order valence-electron chi connectivity index (χ3n) is 4.08. The van der Waals surface area contributed by atoms with Crippen LogP contribution in [0.4, 0.5) is 0 Å². The predicted octanol–water partition coefficient (Wildman–Crippen LogP) is 2.10. The topological polar surface area (TPSA) is 64.5 Å². The molecule has 6 heteroatoms. The number of likely N-dealkylation sites (tertiary alicyclic amines) is 1. The average molecular weight is 327 g/mol. The Balaban J connectivity index is 1.60. The molecule has 0 spiro atoms. The smallest absolute Gasteiger partial charge is 0.316 e. The summed E-state index contributed by atoms with van der Waals surface area (Å²) < 4.78 is 11.1. The number of benzene rings is 1. The van der Waals surface area contributed by atoms with E-state index in [1.807, 2.05) is 29.2 Å². The van der Waals surface area contributed by atoms with E-state index in [0.717, 1.165) is 30.7 Å². The van der Waals surface area contributed by atoms with Gasteiger partial charge in [0.25, 0.3) is 0 Å². The number of amides is 1. The second-order valence-electron chi connectivity index (χ2n) is 5.74. The molecule has 0 bridgehead atoms. The minimum absolute atomic E-state index is 0.0669. The lowest BCUT2D eigenvalue weighted by Crippen LogP contribution is -2.45. The highest BCUT2D eigenvalue weighted by Crippen LogP contribution is 2.20. The van der Waals surface area contributed by atoms with Gasteiger partial charge in [0.15, 0.2) is 0 Å². The fraction of sp³-hybridized carbons (Fsp3) is 0.389. The number of carbonyl (C=O) groups excluding carboxylic acids is 1. The zero-order valence-electron chi connectivity index (χ0n) is 13.7. The Morgan fingerprint density at radius 3 is 2.83 bits per heavy atom. The first-order valence-corrected chi connectivity index (χ1v) is 8.09. The number of ether oxygens (including phenoxy) is 2. The molecule has 1 aliphatic heterocycles. The first-order chi connectivity index (χ1) is 11.8. The van der Waals surface area contributed by atoms with Gasteiger partial charge in [0.05, 0.1) is 20.1 Å². The molecular weight excluding hydrogens is 306 g/mol. The van der Waals surface area contributed by atoms with E-state index >= 15 is 0 Å². The summed E-state index contributed by atoms with van der Waals surface area (Å²) in [6, 6.07) is 9.72. The van der Waals surface area contributed by atoms with Crippen LogP contribution >= 0.6 is 0 Å². The van der Waals surface area contributed by atoms with Gasteiger partial charge in [-0.05, 0) is 25.0 Å². The number of methoxy groups -OCH3 is 1. The first-order valence-electron chi connectivity index (χ1n) is 8.09. The summed E-state index contributed by atoms with van der Waals surface area (Å²) in [6.45, 7) is 1.32. The van der Waals surface area contributed by atoms with E-state index in [2.05, 4.69) is 9.97 Å². The molecule has 1 aromatic heterocycles. The molecule has 1 atom stereocenters. The van der Waals surface area contributed by atoms with Gasteiger partial charge in [-0.15, -0.1) is 0 Å². The maximum absolute atomic E-state index is 12.6. The molecule has 2 heterocycles. The SMILES string of the molecule is COc1ccccc1CC(=O)N1CCCC(Oc2ncccn2)C1. The van der Waals surface area contributed by atoms with Crippen LogP contribution in [-0.4, -0.2) is 47.1 Å². The van der Waals surface area contributed by atoms with Crippen molar-refractivity contribution in [3.8, 4) is 11.8 Å². The fourth-order valence-electron chi connectivity index (χ4n) is 2.88. The zero-order valence-corrected chi connectivity index (χ0v) is 13.7. The summed E-state index contributed by atoms with van der Waals surface area (Å²) in [5.74, 6) is 0.829. The normalized spacial score (nSPS) is 17.4. The summed E-state index contributed by atoms with van der Waals surface area (Å²) >= 11 is 0. The van der Waals surface area contributed by atoms with Crippen molar-refractivity contribution in [3.05, 3.63) is 48.3 Å². The molecule has 0 N–H and O–H groups in total. The van der Waals surface area contributed by atoms with E-state index in [-0.39, 0.29) is 12.0 Å². The van der Waals surface area contributed by atoms with Crippen molar-refractivity contribution in [2.75, 3.05) is 20.2 Å². The second kappa shape index (κ2) is 7.77. The van der Waals surface area contributed by atoms with Gasteiger partial charge in [-0.1, -0.05) is 18.2 Å². The largest absolute Gasteiger partial charge is 0.496 e. The Morgan fingerprint density at radius 2 is 2.04 bits per heavy atom. The number of para-hydroxylation sites is 1. The van der Waals surface area contributed by atoms with E-state index in [9.17, 15) is 4.79 Å². The Labute approximate surface area is 141 Å². The number of hydrogen-bond acceptors (Lipinski definition) is 5. The van der Waals surface area contributed by atoms with E-state index in [1.54, 1.807) is 25.6 Å². The van der Waals surface area contributed by atoms with E-state index in [0.29, 0.717) is 19.0 Å². The molecule has 6 nitrogen and oxygen atoms in total. The van der Waals surface area contributed by atoms with E-state index < -0.39 is 0 Å². The third-order valence-corrected chi connectivity index (χ3v) is 4.08. The molecule has 1 saturated heterocycles. The van der Waals surface area contributed by atoms with Crippen molar-refractivity contribution in [1.29, 1.82) is 0 Å². The fourth-order valence-corrected chi connectivity index (χ4v) is 2.88. The van der Waals surface area contributed by atoms with Crippen LogP contribution in [0.1, 0.15) is 18.4 Å². The van der Waals surface area contributed by atoms with Crippen molar-refractivity contribution in [1.82, 2.24) is 14.9 Å². The van der Waals surface area contributed by atoms with Gasteiger partial charge in [0, 0.05) is 24.5 Å². The molecular formula is C18H21N3O3. The average Bonchev–Trinajstić information content (AvgIpc) is 2.63. The van der Waals surface area contributed by atoms with Gasteiger partial charge in [-0.2, -0.15) is 0 Å². The molecule has 0 radical (unpaired) electrons. The number of piperidine rings is 1. The maximum atomic E-state index is 12.6. The number of carbonyl (C=O) groups is 1. The Kier molecular flexibility index (Phi) is 5.25. The summed E-state index contributed by atoms with van der Waals surface area (Å²) in [5.41, 5.74) is 0.902. The first kappa shape index (κ1) is 16.2. The highest BCUT2D eigenvalue weighted by Gasteiger charge is 2.26. The molecule has 1 aliphatic rings. The number of hydrogen-bond donors (Lipinski definition) is 0.